The summed E-state index contributed by atoms with van der Waals surface area (Å²) in [5.41, 5.74) is 1.74. The van der Waals surface area contributed by atoms with Crippen LogP contribution < -0.4 is 5.32 Å². The van der Waals surface area contributed by atoms with Crippen LogP contribution >= 0.6 is 11.8 Å². The molecule has 0 saturated carbocycles. The first-order chi connectivity index (χ1) is 11.1. The van der Waals surface area contributed by atoms with Crippen molar-refractivity contribution in [2.75, 3.05) is 12.8 Å². The van der Waals surface area contributed by atoms with Gasteiger partial charge >= 0.3 is 5.97 Å². The molecule has 0 radical (unpaired) electrons. The number of carbonyl (C=O) groups excluding carboxylic acids is 2. The van der Waals surface area contributed by atoms with Gasteiger partial charge in [-0.3, -0.25) is 9.59 Å². The third-order valence-corrected chi connectivity index (χ3v) is 3.87. The predicted molar refractivity (Wildman–Crippen MR) is 91.2 cm³/mol. The van der Waals surface area contributed by atoms with Crippen LogP contribution in [-0.4, -0.2) is 40.3 Å². The van der Waals surface area contributed by atoms with E-state index >= 15 is 0 Å². The number of benzene rings is 1. The lowest BCUT2D eigenvalue weighted by Gasteiger charge is -2.14. The van der Waals surface area contributed by atoms with Gasteiger partial charge in [0.05, 0.1) is 16.8 Å². The first-order valence-electron chi connectivity index (χ1n) is 7.47. The number of thioether (sulfide) groups is 1. The quantitative estimate of drug-likeness (QED) is 0.783. The Hall–Kier alpha value is -2.02. The molecule has 23 heavy (non-hydrogen) atoms. The molecular formula is C16H21N3O3S. The number of nitrogens with zero attached hydrogens (tertiary/aromatic N) is 2. The molecule has 6 nitrogen and oxygen atoms in total. The lowest BCUT2D eigenvalue weighted by molar-refractivity contribution is -0.155. The third kappa shape index (κ3) is 4.25. The Morgan fingerprint density at radius 3 is 2.83 bits per heavy atom. The van der Waals surface area contributed by atoms with E-state index in [2.05, 4.69) is 10.3 Å². The van der Waals surface area contributed by atoms with Crippen LogP contribution in [0.5, 0.6) is 0 Å². The van der Waals surface area contributed by atoms with Crippen molar-refractivity contribution in [2.24, 2.45) is 0 Å². The number of hydrogen-bond acceptors (Lipinski definition) is 5. The number of carbonyl (C=O) groups is 2. The van der Waals surface area contributed by atoms with Gasteiger partial charge in [-0.05, 0) is 32.2 Å². The van der Waals surface area contributed by atoms with Crippen molar-refractivity contribution in [3.05, 3.63) is 30.1 Å². The van der Waals surface area contributed by atoms with Gasteiger partial charge in [-0.25, -0.2) is 4.98 Å². The fourth-order valence-electron chi connectivity index (χ4n) is 2.28. The molecule has 1 heterocycles. The highest BCUT2D eigenvalue weighted by Crippen LogP contribution is 2.19. The number of ether oxygens (including phenoxy) is 1. The lowest BCUT2D eigenvalue weighted by Crippen LogP contribution is -2.36. The molecule has 0 saturated heterocycles. The average molecular weight is 335 g/mol. The Bertz CT molecular complexity index is 699. The highest BCUT2D eigenvalue weighted by Gasteiger charge is 2.19. The number of aromatic nitrogens is 2. The second-order valence-electron chi connectivity index (χ2n) is 5.06. The summed E-state index contributed by atoms with van der Waals surface area (Å²) in [4.78, 5) is 28.4. The van der Waals surface area contributed by atoms with Crippen LogP contribution in [0.4, 0.5) is 0 Å². The summed E-state index contributed by atoms with van der Waals surface area (Å²) in [6.07, 6.45) is 1.18. The smallest absolute Gasteiger partial charge is 0.326 e. The Kier molecular flexibility index (Phi) is 6.04. The zero-order valence-corrected chi connectivity index (χ0v) is 14.4. The molecule has 1 aromatic heterocycles. The minimum Gasteiger partial charge on any atom is -0.451 e. The molecule has 2 aromatic rings. The van der Waals surface area contributed by atoms with Crippen molar-refractivity contribution in [3.63, 3.8) is 0 Å². The molecule has 124 valence electrons. The highest BCUT2D eigenvalue weighted by molar-refractivity contribution is 7.97. The van der Waals surface area contributed by atoms with E-state index in [-0.39, 0.29) is 12.5 Å². The molecule has 0 spiro atoms. The standard InChI is InChI=1S/C16H21N3O3S/c1-4-17-16(21)11(2)22-15(20)9-19-13-8-6-5-7-12(13)18-14(19)10-23-3/h5-8,11H,4,9-10H2,1-3H3,(H,17,21)/t11-/m1/s1. The highest BCUT2D eigenvalue weighted by atomic mass is 32.2. The van der Waals surface area contributed by atoms with Crippen molar-refractivity contribution in [1.29, 1.82) is 0 Å². The molecule has 1 N–H and O–H groups in total. The average Bonchev–Trinajstić information content (AvgIpc) is 2.85. The maximum Gasteiger partial charge on any atom is 0.326 e. The number of hydrogen-bond donors (Lipinski definition) is 1. The third-order valence-electron chi connectivity index (χ3n) is 3.32. The number of amides is 1. The Labute approximate surface area is 139 Å². The van der Waals surface area contributed by atoms with E-state index in [4.69, 9.17) is 4.74 Å². The van der Waals surface area contributed by atoms with Crippen LogP contribution in [0.25, 0.3) is 11.0 Å². The van der Waals surface area contributed by atoms with Crippen LogP contribution in [-0.2, 0) is 26.6 Å². The van der Waals surface area contributed by atoms with E-state index in [1.165, 1.54) is 0 Å². The summed E-state index contributed by atoms with van der Waals surface area (Å²) in [5, 5.41) is 2.63. The molecule has 0 aliphatic carbocycles. The van der Waals surface area contributed by atoms with Crippen LogP contribution in [0.1, 0.15) is 19.7 Å². The molecule has 0 aliphatic rings. The van der Waals surface area contributed by atoms with Gasteiger partial charge in [0.15, 0.2) is 6.10 Å². The summed E-state index contributed by atoms with van der Waals surface area (Å²) in [5.74, 6) is 0.782. The van der Waals surface area contributed by atoms with Crippen molar-refractivity contribution < 1.29 is 14.3 Å². The maximum atomic E-state index is 12.2. The van der Waals surface area contributed by atoms with Gasteiger partial charge in [0.25, 0.3) is 5.91 Å². The molecule has 0 fully saturated rings. The first kappa shape index (κ1) is 17.3. The molecule has 0 aliphatic heterocycles. The maximum absolute atomic E-state index is 12.2. The number of nitrogens with one attached hydrogen (secondary N) is 1. The summed E-state index contributed by atoms with van der Waals surface area (Å²) >= 11 is 1.64. The second kappa shape index (κ2) is 8.01. The minimum atomic E-state index is -0.804. The Morgan fingerprint density at radius 2 is 2.13 bits per heavy atom. The largest absolute Gasteiger partial charge is 0.451 e. The molecule has 0 unspecified atom stereocenters. The van der Waals surface area contributed by atoms with Gasteiger partial charge in [0, 0.05) is 6.54 Å². The number of imidazole rings is 1. The number of esters is 1. The zero-order valence-electron chi connectivity index (χ0n) is 13.5. The molecular weight excluding hydrogens is 314 g/mol. The van der Waals surface area contributed by atoms with E-state index in [0.717, 1.165) is 16.9 Å². The predicted octanol–water partition coefficient (Wildman–Crippen LogP) is 1.97. The Balaban J connectivity index is 2.15. The van der Waals surface area contributed by atoms with Crippen molar-refractivity contribution in [2.45, 2.75) is 32.2 Å². The van der Waals surface area contributed by atoms with Gasteiger partial charge < -0.3 is 14.6 Å². The van der Waals surface area contributed by atoms with Crippen LogP contribution in [0.15, 0.2) is 24.3 Å². The zero-order chi connectivity index (χ0) is 16.8. The van der Waals surface area contributed by atoms with E-state index in [1.54, 1.807) is 18.7 Å². The van der Waals surface area contributed by atoms with Crippen molar-refractivity contribution in [3.8, 4) is 0 Å². The fraction of sp³-hybridized carbons (Fsp3) is 0.438. The van der Waals surface area contributed by atoms with E-state index in [1.807, 2.05) is 42.0 Å². The summed E-state index contributed by atoms with van der Waals surface area (Å²) in [6.45, 7) is 3.93. The van der Waals surface area contributed by atoms with Crippen LogP contribution in [0, 0.1) is 0 Å². The van der Waals surface area contributed by atoms with E-state index in [9.17, 15) is 9.59 Å². The van der Waals surface area contributed by atoms with E-state index < -0.39 is 12.1 Å². The van der Waals surface area contributed by atoms with Gasteiger partial charge in [-0.15, -0.1) is 0 Å². The molecule has 1 atom stereocenters. The van der Waals surface area contributed by atoms with Gasteiger partial charge in [0.1, 0.15) is 12.4 Å². The number of rotatable bonds is 7. The summed E-state index contributed by atoms with van der Waals surface area (Å²) in [7, 11) is 0. The van der Waals surface area contributed by atoms with Crippen LogP contribution in [0.3, 0.4) is 0 Å². The summed E-state index contributed by atoms with van der Waals surface area (Å²) in [6, 6.07) is 7.66. The lowest BCUT2D eigenvalue weighted by atomic mass is 10.3. The van der Waals surface area contributed by atoms with E-state index in [0.29, 0.717) is 12.3 Å². The SMILES string of the molecule is CCNC(=O)[C@@H](C)OC(=O)Cn1c(CSC)nc2ccccc21. The molecule has 7 heteroatoms. The van der Waals surface area contributed by atoms with Gasteiger partial charge in [-0.1, -0.05) is 12.1 Å². The Morgan fingerprint density at radius 1 is 1.39 bits per heavy atom. The normalized spacial score (nSPS) is 12.1. The number of likely N-dealkylation sites (N-methyl/N-ethyl adjacent to an activating group) is 1. The number of para-hydroxylation sites is 2. The fourth-order valence-corrected chi connectivity index (χ4v) is 2.75. The first-order valence-corrected chi connectivity index (χ1v) is 8.86. The van der Waals surface area contributed by atoms with Crippen molar-refractivity contribution in [1.82, 2.24) is 14.9 Å². The topological polar surface area (TPSA) is 73.2 Å². The summed E-state index contributed by atoms with van der Waals surface area (Å²) < 4.78 is 7.06. The van der Waals surface area contributed by atoms with Crippen LogP contribution in [0.2, 0.25) is 0 Å². The number of fused-ring (bicyclic) bond motifs is 1. The monoisotopic (exact) mass is 335 g/mol. The molecule has 2 rings (SSSR count). The minimum absolute atomic E-state index is 0.0418. The molecule has 0 bridgehead atoms. The van der Waals surface area contributed by atoms with Gasteiger partial charge in [-0.2, -0.15) is 11.8 Å². The molecule has 1 amide bonds. The molecule has 1 aromatic carbocycles. The second-order valence-corrected chi connectivity index (χ2v) is 5.93. The van der Waals surface area contributed by atoms with Crippen molar-refractivity contribution >= 4 is 34.7 Å². The van der Waals surface area contributed by atoms with Gasteiger partial charge in [0.2, 0.25) is 0 Å².